The predicted octanol–water partition coefficient (Wildman–Crippen LogP) is 3.24. The summed E-state index contributed by atoms with van der Waals surface area (Å²) < 4.78 is 0. The number of nitrogens with one attached hydrogen (secondary N) is 2. The fourth-order valence-corrected chi connectivity index (χ4v) is 2.30. The third kappa shape index (κ3) is 6.19. The zero-order chi connectivity index (χ0) is 18.4. The van der Waals surface area contributed by atoms with Gasteiger partial charge in [-0.2, -0.15) is 0 Å². The smallest absolute Gasteiger partial charge is 0.269 e. The first-order valence-electron chi connectivity index (χ1n) is 8.06. The molecule has 1 aromatic carbocycles. The van der Waals surface area contributed by atoms with Crippen LogP contribution in [0.5, 0.6) is 0 Å². The monoisotopic (exact) mass is 359 g/mol. The molecular weight excluding hydrogens is 338 g/mol. The van der Waals surface area contributed by atoms with Crippen LogP contribution in [0, 0.1) is 0 Å². The molecule has 1 aromatic heterocycles. The van der Waals surface area contributed by atoms with Crippen LogP contribution in [0.25, 0.3) is 0 Å². The van der Waals surface area contributed by atoms with Crippen molar-refractivity contribution >= 4 is 23.4 Å². The van der Waals surface area contributed by atoms with Crippen molar-refractivity contribution in [1.82, 2.24) is 15.6 Å². The molecule has 0 aliphatic heterocycles. The minimum atomic E-state index is -0.346. The Labute approximate surface area is 152 Å². The molecule has 2 rings (SSSR count). The summed E-state index contributed by atoms with van der Waals surface area (Å²) in [6.07, 6.45) is 2.15. The topological polar surface area (TPSA) is 71.1 Å². The largest absolute Gasteiger partial charge is 0.350 e. The van der Waals surface area contributed by atoms with E-state index in [-0.39, 0.29) is 23.0 Å². The van der Waals surface area contributed by atoms with Crippen LogP contribution in [0.2, 0.25) is 5.02 Å². The molecular formula is C19H22ClN3O2. The number of amides is 2. The van der Waals surface area contributed by atoms with Crippen molar-refractivity contribution < 1.29 is 9.59 Å². The minimum absolute atomic E-state index is 0.220. The zero-order valence-corrected chi connectivity index (χ0v) is 15.4. The van der Waals surface area contributed by atoms with Crippen LogP contribution in [0.3, 0.4) is 0 Å². The first kappa shape index (κ1) is 18.9. The number of hydrogen-bond donors (Lipinski definition) is 2. The molecule has 0 aliphatic rings. The number of rotatable bonds is 5. The third-order valence-electron chi connectivity index (χ3n) is 3.36. The lowest BCUT2D eigenvalue weighted by atomic mass is 10.1. The van der Waals surface area contributed by atoms with Gasteiger partial charge in [-0.25, -0.2) is 0 Å². The van der Waals surface area contributed by atoms with Crippen LogP contribution in [0.4, 0.5) is 0 Å². The summed E-state index contributed by atoms with van der Waals surface area (Å²) in [5, 5.41) is 6.35. The summed E-state index contributed by atoms with van der Waals surface area (Å²) in [6.45, 7) is 6.17. The molecule has 0 saturated heterocycles. The van der Waals surface area contributed by atoms with Gasteiger partial charge in [0.2, 0.25) is 0 Å². The Kier molecular flexibility index (Phi) is 6.15. The molecule has 0 atom stereocenters. The maximum Gasteiger partial charge on any atom is 0.269 e. The van der Waals surface area contributed by atoms with Crippen LogP contribution in [-0.4, -0.2) is 28.9 Å². The number of carbonyl (C=O) groups is 2. The van der Waals surface area contributed by atoms with Crippen LogP contribution in [-0.2, 0) is 6.42 Å². The van der Waals surface area contributed by atoms with Crippen molar-refractivity contribution in [2.24, 2.45) is 0 Å². The van der Waals surface area contributed by atoms with E-state index in [1.54, 1.807) is 6.07 Å². The summed E-state index contributed by atoms with van der Waals surface area (Å²) in [7, 11) is 0. The molecule has 132 valence electrons. The van der Waals surface area contributed by atoms with Crippen molar-refractivity contribution in [3.8, 4) is 0 Å². The Bertz CT molecular complexity index is 752. The number of benzene rings is 1. The van der Waals surface area contributed by atoms with Crippen LogP contribution in [0.1, 0.15) is 47.2 Å². The van der Waals surface area contributed by atoms with Crippen molar-refractivity contribution in [2.75, 3.05) is 6.54 Å². The second kappa shape index (κ2) is 8.12. The van der Waals surface area contributed by atoms with E-state index in [1.165, 1.54) is 12.3 Å². The van der Waals surface area contributed by atoms with E-state index in [0.717, 1.165) is 5.56 Å². The Morgan fingerprint density at radius 1 is 1.08 bits per heavy atom. The van der Waals surface area contributed by atoms with Crippen LogP contribution < -0.4 is 10.6 Å². The molecule has 2 aromatic rings. The second-order valence-corrected chi connectivity index (χ2v) is 7.20. The van der Waals surface area contributed by atoms with E-state index in [9.17, 15) is 9.59 Å². The highest BCUT2D eigenvalue weighted by Crippen LogP contribution is 2.10. The molecule has 1 heterocycles. The first-order valence-corrected chi connectivity index (χ1v) is 8.43. The summed E-state index contributed by atoms with van der Waals surface area (Å²) in [5.41, 5.74) is 1.36. The van der Waals surface area contributed by atoms with Gasteiger partial charge in [0.05, 0.1) is 0 Å². The number of hydrogen-bond acceptors (Lipinski definition) is 3. The van der Waals surface area contributed by atoms with E-state index in [1.807, 2.05) is 45.0 Å². The third-order valence-corrected chi connectivity index (χ3v) is 3.61. The van der Waals surface area contributed by atoms with Gasteiger partial charge in [0, 0.05) is 28.9 Å². The van der Waals surface area contributed by atoms with Crippen LogP contribution >= 0.6 is 11.6 Å². The molecule has 25 heavy (non-hydrogen) atoms. The van der Waals surface area contributed by atoms with Gasteiger partial charge in [-0.3, -0.25) is 14.6 Å². The first-order chi connectivity index (χ1) is 11.7. The highest BCUT2D eigenvalue weighted by molar-refractivity contribution is 6.30. The highest BCUT2D eigenvalue weighted by atomic mass is 35.5. The van der Waals surface area contributed by atoms with Gasteiger partial charge in [0.15, 0.2) is 0 Å². The average Bonchev–Trinajstić information content (AvgIpc) is 2.55. The molecule has 0 aliphatic carbocycles. The van der Waals surface area contributed by atoms with E-state index in [0.29, 0.717) is 23.6 Å². The number of carbonyl (C=O) groups excluding carboxylic acids is 2. The lowest BCUT2D eigenvalue weighted by Gasteiger charge is -2.20. The number of nitrogens with zero attached hydrogens (tertiary/aromatic N) is 1. The SMILES string of the molecule is CC(C)(C)NC(=O)c1ccnc(C(=O)NCCc2ccc(Cl)cc2)c1. The predicted molar refractivity (Wildman–Crippen MR) is 98.9 cm³/mol. The van der Waals surface area contributed by atoms with Gasteiger partial charge in [0.25, 0.3) is 11.8 Å². The zero-order valence-electron chi connectivity index (χ0n) is 14.6. The summed E-state index contributed by atoms with van der Waals surface area (Å²) in [4.78, 5) is 28.4. The van der Waals surface area contributed by atoms with Crippen molar-refractivity contribution in [3.63, 3.8) is 0 Å². The van der Waals surface area contributed by atoms with Gasteiger partial charge >= 0.3 is 0 Å². The fraction of sp³-hybridized carbons (Fsp3) is 0.316. The standard InChI is InChI=1S/C19H22ClN3O2/c1-19(2,3)23-17(24)14-9-11-21-16(12-14)18(25)22-10-8-13-4-6-15(20)7-5-13/h4-7,9,11-12H,8,10H2,1-3H3,(H,22,25)(H,23,24). The van der Waals surface area contributed by atoms with Gasteiger partial charge in [0.1, 0.15) is 5.69 Å². The molecule has 5 nitrogen and oxygen atoms in total. The normalized spacial score (nSPS) is 11.0. The Balaban J connectivity index is 1.94. The number of halogens is 1. The van der Waals surface area contributed by atoms with Crippen molar-refractivity contribution in [3.05, 3.63) is 64.4 Å². The van der Waals surface area contributed by atoms with Gasteiger partial charge in [-0.15, -0.1) is 0 Å². The molecule has 0 spiro atoms. The summed E-state index contributed by atoms with van der Waals surface area (Å²) in [6, 6.07) is 10.6. The lowest BCUT2D eigenvalue weighted by molar-refractivity contribution is 0.0919. The molecule has 2 N–H and O–H groups in total. The number of aromatic nitrogens is 1. The molecule has 0 fully saturated rings. The average molecular weight is 360 g/mol. The summed E-state index contributed by atoms with van der Waals surface area (Å²) >= 11 is 5.85. The van der Waals surface area contributed by atoms with Crippen molar-refractivity contribution in [1.29, 1.82) is 0 Å². The highest BCUT2D eigenvalue weighted by Gasteiger charge is 2.17. The molecule has 2 amide bonds. The molecule has 0 saturated carbocycles. The molecule has 0 bridgehead atoms. The minimum Gasteiger partial charge on any atom is -0.350 e. The number of pyridine rings is 1. The van der Waals surface area contributed by atoms with E-state index >= 15 is 0 Å². The molecule has 0 radical (unpaired) electrons. The Morgan fingerprint density at radius 2 is 1.76 bits per heavy atom. The maximum absolute atomic E-state index is 12.2. The molecule has 0 unspecified atom stereocenters. The van der Waals surface area contributed by atoms with Gasteiger partial charge < -0.3 is 10.6 Å². The van der Waals surface area contributed by atoms with Gasteiger partial charge in [-0.05, 0) is 57.0 Å². The second-order valence-electron chi connectivity index (χ2n) is 6.77. The fourth-order valence-electron chi connectivity index (χ4n) is 2.17. The molecule has 6 heteroatoms. The van der Waals surface area contributed by atoms with E-state index in [2.05, 4.69) is 15.6 Å². The van der Waals surface area contributed by atoms with Gasteiger partial charge in [-0.1, -0.05) is 23.7 Å². The van der Waals surface area contributed by atoms with Crippen molar-refractivity contribution in [2.45, 2.75) is 32.7 Å². The lowest BCUT2D eigenvalue weighted by Crippen LogP contribution is -2.40. The quantitative estimate of drug-likeness (QED) is 0.860. The van der Waals surface area contributed by atoms with E-state index < -0.39 is 0 Å². The summed E-state index contributed by atoms with van der Waals surface area (Å²) in [5.74, 6) is -0.538. The van der Waals surface area contributed by atoms with Crippen LogP contribution in [0.15, 0.2) is 42.6 Å². The Hall–Kier alpha value is -2.40. The maximum atomic E-state index is 12.2. The van der Waals surface area contributed by atoms with E-state index in [4.69, 9.17) is 11.6 Å². The Morgan fingerprint density at radius 3 is 2.40 bits per heavy atom.